The number of benzene rings is 1. The molecule has 0 bridgehead atoms. The van der Waals surface area contributed by atoms with Crippen molar-refractivity contribution in [2.24, 2.45) is 5.92 Å². The zero-order valence-corrected chi connectivity index (χ0v) is 17.4. The molecule has 29 heavy (non-hydrogen) atoms. The molecule has 5 rings (SSSR count). The summed E-state index contributed by atoms with van der Waals surface area (Å²) in [5, 5.41) is 13.1. The molecule has 4 aromatic rings. The topological polar surface area (TPSA) is 69.4 Å². The number of nitrogens with zero attached hydrogens (tertiary/aromatic N) is 2. The maximum absolute atomic E-state index is 4.41. The van der Waals surface area contributed by atoms with E-state index >= 15 is 0 Å². The first-order chi connectivity index (χ1) is 14.1. The van der Waals surface area contributed by atoms with Crippen molar-refractivity contribution in [3.05, 3.63) is 47.8 Å². The van der Waals surface area contributed by atoms with Crippen LogP contribution in [0.1, 0.15) is 56.6 Å². The van der Waals surface area contributed by atoms with E-state index in [0.717, 1.165) is 35.6 Å². The fraction of sp³-hybridized carbons (Fsp3) is 0.417. The van der Waals surface area contributed by atoms with E-state index in [-0.39, 0.29) is 0 Å². The van der Waals surface area contributed by atoms with Crippen molar-refractivity contribution in [3.63, 3.8) is 0 Å². The summed E-state index contributed by atoms with van der Waals surface area (Å²) in [6, 6.07) is 9.11. The first kappa shape index (κ1) is 18.4. The van der Waals surface area contributed by atoms with Gasteiger partial charge in [0.15, 0.2) is 5.65 Å². The third-order valence-electron chi connectivity index (χ3n) is 6.68. The normalized spacial score (nSPS) is 16.8. The van der Waals surface area contributed by atoms with Gasteiger partial charge in [-0.3, -0.25) is 5.10 Å². The highest BCUT2D eigenvalue weighted by atomic mass is 15.1. The predicted octanol–water partition coefficient (Wildman–Crippen LogP) is 5.33. The Hall–Kier alpha value is -2.66. The van der Waals surface area contributed by atoms with Crippen molar-refractivity contribution in [3.8, 4) is 11.3 Å². The molecule has 5 nitrogen and oxygen atoms in total. The van der Waals surface area contributed by atoms with Crippen molar-refractivity contribution >= 4 is 21.9 Å². The second-order valence-electron chi connectivity index (χ2n) is 8.74. The molecule has 3 N–H and O–H groups in total. The number of pyridine rings is 1. The van der Waals surface area contributed by atoms with Crippen molar-refractivity contribution < 1.29 is 0 Å². The van der Waals surface area contributed by atoms with Gasteiger partial charge >= 0.3 is 0 Å². The largest absolute Gasteiger partial charge is 0.354 e. The van der Waals surface area contributed by atoms with E-state index in [9.17, 15) is 0 Å². The number of nitrogens with one attached hydrogen (secondary N) is 3. The third kappa shape index (κ3) is 3.14. The molecule has 1 aromatic carbocycles. The molecule has 0 aliphatic carbocycles. The van der Waals surface area contributed by atoms with E-state index in [4.69, 9.17) is 0 Å². The SMILES string of the molecule is CC(C)c1c(-c2ccnc3[nH]ncc23)[nH]c2ccc(C(C)C3CCNCC3)cc12. The molecule has 1 fully saturated rings. The summed E-state index contributed by atoms with van der Waals surface area (Å²) >= 11 is 0. The van der Waals surface area contributed by atoms with Crippen LogP contribution in [0.15, 0.2) is 36.7 Å². The lowest BCUT2D eigenvalue weighted by Gasteiger charge is -2.28. The van der Waals surface area contributed by atoms with E-state index in [1.54, 1.807) is 0 Å². The standard InChI is InChI=1S/C24H29N5/c1-14(2)22-19-12-17(15(3)16-6-9-25-10-7-16)4-5-21(19)28-23(22)18-8-11-26-24-20(18)13-27-29-24/h4-5,8,11-16,25,28H,6-7,9-10H2,1-3H3,(H,26,27,29). The van der Waals surface area contributed by atoms with Crippen molar-refractivity contribution in [2.75, 3.05) is 13.1 Å². The molecular weight excluding hydrogens is 358 g/mol. The maximum atomic E-state index is 4.41. The molecule has 3 aromatic heterocycles. The fourth-order valence-electron chi connectivity index (χ4n) is 5.01. The minimum Gasteiger partial charge on any atom is -0.354 e. The minimum atomic E-state index is 0.415. The maximum Gasteiger partial charge on any atom is 0.155 e. The fourth-order valence-corrected chi connectivity index (χ4v) is 5.01. The van der Waals surface area contributed by atoms with Crippen LogP contribution >= 0.6 is 0 Å². The monoisotopic (exact) mass is 387 g/mol. The summed E-state index contributed by atoms with van der Waals surface area (Å²) in [5.41, 5.74) is 7.23. The minimum absolute atomic E-state index is 0.415. The third-order valence-corrected chi connectivity index (χ3v) is 6.68. The summed E-state index contributed by atoms with van der Waals surface area (Å²) < 4.78 is 0. The van der Waals surface area contributed by atoms with Gasteiger partial charge < -0.3 is 10.3 Å². The number of piperidine rings is 1. The highest BCUT2D eigenvalue weighted by molar-refractivity contribution is 5.98. The lowest BCUT2D eigenvalue weighted by Crippen LogP contribution is -2.30. The van der Waals surface area contributed by atoms with Crippen LogP contribution in [0.3, 0.4) is 0 Å². The zero-order valence-electron chi connectivity index (χ0n) is 17.4. The summed E-state index contributed by atoms with van der Waals surface area (Å²) in [7, 11) is 0. The van der Waals surface area contributed by atoms with Crippen LogP contribution in [0, 0.1) is 5.92 Å². The molecule has 0 spiro atoms. The van der Waals surface area contributed by atoms with Crippen LogP contribution in [0.2, 0.25) is 0 Å². The molecule has 4 heterocycles. The zero-order chi connectivity index (χ0) is 20.0. The average Bonchev–Trinajstić information content (AvgIpc) is 3.37. The van der Waals surface area contributed by atoms with Crippen LogP contribution in [0.5, 0.6) is 0 Å². The molecule has 0 saturated carbocycles. The quantitative estimate of drug-likeness (QED) is 0.443. The molecular formula is C24H29N5. The van der Waals surface area contributed by atoms with Gasteiger partial charge in [0.1, 0.15) is 0 Å². The van der Waals surface area contributed by atoms with Crippen molar-refractivity contribution in [1.82, 2.24) is 25.5 Å². The molecule has 0 amide bonds. The Labute approximate surface area is 171 Å². The lowest BCUT2D eigenvalue weighted by molar-refractivity contribution is 0.330. The van der Waals surface area contributed by atoms with Gasteiger partial charge in [-0.05, 0) is 73.0 Å². The van der Waals surface area contributed by atoms with Crippen LogP contribution in [-0.4, -0.2) is 33.3 Å². The molecule has 1 atom stereocenters. The number of aromatic amines is 2. The Bertz CT molecular complexity index is 1150. The second-order valence-corrected chi connectivity index (χ2v) is 8.74. The van der Waals surface area contributed by atoms with Crippen LogP contribution < -0.4 is 5.32 Å². The Morgan fingerprint density at radius 1 is 1.03 bits per heavy atom. The average molecular weight is 388 g/mol. The first-order valence-electron chi connectivity index (χ1n) is 10.8. The first-order valence-corrected chi connectivity index (χ1v) is 10.8. The van der Waals surface area contributed by atoms with E-state index in [1.807, 2.05) is 12.4 Å². The van der Waals surface area contributed by atoms with Crippen LogP contribution in [-0.2, 0) is 0 Å². The van der Waals surface area contributed by atoms with Gasteiger partial charge in [0.2, 0.25) is 0 Å². The Morgan fingerprint density at radius 2 is 1.86 bits per heavy atom. The van der Waals surface area contributed by atoms with Gasteiger partial charge in [-0.15, -0.1) is 0 Å². The highest BCUT2D eigenvalue weighted by Crippen LogP contribution is 2.40. The number of hydrogen-bond donors (Lipinski definition) is 3. The summed E-state index contributed by atoms with van der Waals surface area (Å²) in [5.74, 6) is 1.76. The van der Waals surface area contributed by atoms with Gasteiger partial charge in [-0.25, -0.2) is 4.98 Å². The number of hydrogen-bond acceptors (Lipinski definition) is 3. The van der Waals surface area contributed by atoms with Gasteiger partial charge in [0, 0.05) is 28.0 Å². The Kier molecular flexibility index (Phi) is 4.63. The predicted molar refractivity (Wildman–Crippen MR) is 119 cm³/mol. The highest BCUT2D eigenvalue weighted by Gasteiger charge is 2.23. The van der Waals surface area contributed by atoms with E-state index < -0.39 is 0 Å². The van der Waals surface area contributed by atoms with Crippen LogP contribution in [0.25, 0.3) is 33.2 Å². The summed E-state index contributed by atoms with van der Waals surface area (Å²) in [6.07, 6.45) is 6.27. The molecule has 0 radical (unpaired) electrons. The molecule has 1 saturated heterocycles. The number of aromatic nitrogens is 4. The lowest BCUT2D eigenvalue weighted by atomic mass is 9.81. The van der Waals surface area contributed by atoms with E-state index in [2.05, 4.69) is 70.5 Å². The number of fused-ring (bicyclic) bond motifs is 2. The molecule has 150 valence electrons. The van der Waals surface area contributed by atoms with Gasteiger partial charge in [-0.1, -0.05) is 26.8 Å². The van der Waals surface area contributed by atoms with Gasteiger partial charge in [-0.2, -0.15) is 5.10 Å². The molecule has 1 aliphatic rings. The van der Waals surface area contributed by atoms with E-state index in [1.165, 1.54) is 40.6 Å². The summed E-state index contributed by atoms with van der Waals surface area (Å²) in [6.45, 7) is 9.25. The second kappa shape index (κ2) is 7.30. The Morgan fingerprint density at radius 3 is 2.66 bits per heavy atom. The van der Waals surface area contributed by atoms with Crippen LogP contribution in [0.4, 0.5) is 0 Å². The van der Waals surface area contributed by atoms with Gasteiger partial charge in [0.05, 0.1) is 11.9 Å². The molecule has 1 aliphatic heterocycles. The number of rotatable bonds is 4. The van der Waals surface area contributed by atoms with Gasteiger partial charge in [0.25, 0.3) is 0 Å². The molecule has 5 heteroatoms. The number of H-pyrrole nitrogens is 2. The van der Waals surface area contributed by atoms with E-state index in [0.29, 0.717) is 11.8 Å². The van der Waals surface area contributed by atoms with Crippen molar-refractivity contribution in [1.29, 1.82) is 0 Å². The van der Waals surface area contributed by atoms with Crippen molar-refractivity contribution in [2.45, 2.75) is 45.4 Å². The summed E-state index contributed by atoms with van der Waals surface area (Å²) in [4.78, 5) is 8.12. The Balaban J connectivity index is 1.65. The smallest absolute Gasteiger partial charge is 0.155 e. The molecule has 1 unspecified atom stereocenters.